The topological polar surface area (TPSA) is 100 Å². The summed E-state index contributed by atoms with van der Waals surface area (Å²) in [6.07, 6.45) is 2.31. The smallest absolute Gasteiger partial charge is 0.410 e. The molecule has 1 atom stereocenters. The number of fused-ring (bicyclic) bond motifs is 1. The fraction of sp³-hybridized carbons (Fsp3) is 0.235. The van der Waals surface area contributed by atoms with Crippen molar-refractivity contribution in [3.63, 3.8) is 0 Å². The Morgan fingerprint density at radius 1 is 1.29 bits per heavy atom. The number of aromatic amines is 1. The van der Waals surface area contributed by atoms with Crippen molar-refractivity contribution in [3.8, 4) is 5.75 Å². The average Bonchev–Trinajstić information content (AvgIpc) is 2.89. The Morgan fingerprint density at radius 3 is 2.67 bits per heavy atom. The third-order valence-electron chi connectivity index (χ3n) is 3.87. The standard InChI is InChI=1S/C17H18N4O3/c1-9-7-18-8-10(2)15(9)11(3)24-12-4-5-14-13(6-12)16(21-20-14)19-17(22)23/h4-8,11H,1-3H3,(H,22,23)(H2,19,20,21). The molecule has 0 radical (unpaired) electrons. The predicted octanol–water partition coefficient (Wildman–Crippen LogP) is 3.80. The van der Waals surface area contributed by atoms with E-state index in [0.717, 1.165) is 22.2 Å². The van der Waals surface area contributed by atoms with Gasteiger partial charge < -0.3 is 9.84 Å². The third-order valence-corrected chi connectivity index (χ3v) is 3.87. The van der Waals surface area contributed by atoms with Gasteiger partial charge in [-0.3, -0.25) is 15.4 Å². The number of H-pyrrole nitrogens is 1. The zero-order valence-corrected chi connectivity index (χ0v) is 13.6. The summed E-state index contributed by atoms with van der Waals surface area (Å²) < 4.78 is 6.05. The molecule has 1 amide bonds. The summed E-state index contributed by atoms with van der Waals surface area (Å²) >= 11 is 0. The van der Waals surface area contributed by atoms with Crippen LogP contribution in [-0.4, -0.2) is 26.4 Å². The van der Waals surface area contributed by atoms with Crippen LogP contribution in [0.5, 0.6) is 5.75 Å². The molecule has 3 rings (SSSR count). The van der Waals surface area contributed by atoms with E-state index in [4.69, 9.17) is 9.84 Å². The fourth-order valence-electron chi connectivity index (χ4n) is 2.88. The molecule has 7 nitrogen and oxygen atoms in total. The summed E-state index contributed by atoms with van der Waals surface area (Å²) in [5.74, 6) is 0.896. The largest absolute Gasteiger partial charge is 0.486 e. The highest BCUT2D eigenvalue weighted by Crippen LogP contribution is 2.30. The molecule has 0 saturated carbocycles. The number of hydrogen-bond donors (Lipinski definition) is 3. The second-order valence-electron chi connectivity index (χ2n) is 5.66. The Morgan fingerprint density at radius 2 is 2.00 bits per heavy atom. The molecule has 0 bridgehead atoms. The number of aryl methyl sites for hydroxylation is 2. The zero-order chi connectivity index (χ0) is 17.3. The van der Waals surface area contributed by atoms with Crippen molar-refractivity contribution in [1.82, 2.24) is 15.2 Å². The predicted molar refractivity (Wildman–Crippen MR) is 90.5 cm³/mol. The van der Waals surface area contributed by atoms with E-state index in [1.807, 2.05) is 45.3 Å². The Bertz CT molecular complexity index is 884. The van der Waals surface area contributed by atoms with Gasteiger partial charge in [0.05, 0.1) is 5.52 Å². The second kappa shape index (κ2) is 6.19. The van der Waals surface area contributed by atoms with E-state index in [1.54, 1.807) is 6.07 Å². The molecule has 1 aromatic carbocycles. The van der Waals surface area contributed by atoms with Crippen LogP contribution in [0, 0.1) is 13.8 Å². The van der Waals surface area contributed by atoms with Crippen molar-refractivity contribution in [2.75, 3.05) is 5.32 Å². The minimum absolute atomic E-state index is 0.159. The highest BCUT2D eigenvalue weighted by atomic mass is 16.5. The number of anilines is 1. The number of carboxylic acid groups (broad SMARTS) is 1. The van der Waals surface area contributed by atoms with Gasteiger partial charge in [0.15, 0.2) is 5.82 Å². The van der Waals surface area contributed by atoms with E-state index in [1.165, 1.54) is 0 Å². The average molecular weight is 326 g/mol. The van der Waals surface area contributed by atoms with Crippen LogP contribution in [0.4, 0.5) is 10.6 Å². The summed E-state index contributed by atoms with van der Waals surface area (Å²) in [6, 6.07) is 5.41. The van der Waals surface area contributed by atoms with E-state index in [2.05, 4.69) is 20.5 Å². The third kappa shape index (κ3) is 3.01. The Kier molecular flexibility index (Phi) is 4.07. The first-order chi connectivity index (χ1) is 11.5. The molecular formula is C17H18N4O3. The summed E-state index contributed by atoms with van der Waals surface area (Å²) in [5, 5.41) is 18.5. The molecule has 0 aliphatic heterocycles. The molecule has 1 unspecified atom stereocenters. The molecular weight excluding hydrogens is 308 g/mol. The summed E-state index contributed by atoms with van der Waals surface area (Å²) in [5.41, 5.74) is 3.97. The van der Waals surface area contributed by atoms with Gasteiger partial charge >= 0.3 is 6.09 Å². The number of nitrogens with zero attached hydrogens (tertiary/aromatic N) is 2. The van der Waals surface area contributed by atoms with Crippen LogP contribution in [0.15, 0.2) is 30.6 Å². The molecule has 124 valence electrons. The fourth-order valence-corrected chi connectivity index (χ4v) is 2.88. The minimum Gasteiger partial charge on any atom is -0.486 e. The molecule has 2 heterocycles. The lowest BCUT2D eigenvalue weighted by Gasteiger charge is -2.19. The van der Waals surface area contributed by atoms with E-state index >= 15 is 0 Å². The summed E-state index contributed by atoms with van der Waals surface area (Å²) in [4.78, 5) is 15.0. The number of pyridine rings is 1. The van der Waals surface area contributed by atoms with Crippen molar-refractivity contribution >= 4 is 22.8 Å². The van der Waals surface area contributed by atoms with Gasteiger partial charge in [0, 0.05) is 23.3 Å². The number of aromatic nitrogens is 3. The van der Waals surface area contributed by atoms with Gasteiger partial charge in [-0.05, 0) is 50.1 Å². The van der Waals surface area contributed by atoms with E-state index in [-0.39, 0.29) is 11.9 Å². The Hall–Kier alpha value is -3.09. The monoisotopic (exact) mass is 326 g/mol. The summed E-state index contributed by atoms with van der Waals surface area (Å²) in [7, 11) is 0. The van der Waals surface area contributed by atoms with Crippen molar-refractivity contribution in [2.24, 2.45) is 0 Å². The van der Waals surface area contributed by atoms with Crippen LogP contribution in [0.3, 0.4) is 0 Å². The van der Waals surface area contributed by atoms with Crippen LogP contribution in [0.25, 0.3) is 10.9 Å². The van der Waals surface area contributed by atoms with Crippen LogP contribution in [-0.2, 0) is 0 Å². The molecule has 3 aromatic rings. The first-order valence-corrected chi connectivity index (χ1v) is 7.51. The van der Waals surface area contributed by atoms with Gasteiger partial charge in [0.1, 0.15) is 11.9 Å². The van der Waals surface area contributed by atoms with E-state index in [0.29, 0.717) is 11.1 Å². The van der Waals surface area contributed by atoms with Crippen molar-refractivity contribution in [1.29, 1.82) is 0 Å². The lowest BCUT2D eigenvalue weighted by molar-refractivity contribution is 0.209. The van der Waals surface area contributed by atoms with Crippen LogP contribution in [0.1, 0.15) is 29.7 Å². The van der Waals surface area contributed by atoms with Crippen molar-refractivity contribution < 1.29 is 14.6 Å². The first kappa shape index (κ1) is 15.8. The van der Waals surface area contributed by atoms with Gasteiger partial charge in [-0.2, -0.15) is 5.10 Å². The number of benzene rings is 1. The van der Waals surface area contributed by atoms with Gasteiger partial charge in [0.2, 0.25) is 0 Å². The molecule has 2 aromatic heterocycles. The molecule has 0 aliphatic rings. The quantitative estimate of drug-likeness (QED) is 0.677. The SMILES string of the molecule is Cc1cncc(C)c1C(C)Oc1ccc2[nH]nc(NC(=O)O)c2c1. The molecule has 0 fully saturated rings. The van der Waals surface area contributed by atoms with Gasteiger partial charge in [0.25, 0.3) is 0 Å². The van der Waals surface area contributed by atoms with E-state index in [9.17, 15) is 4.79 Å². The summed E-state index contributed by atoms with van der Waals surface area (Å²) in [6.45, 7) is 5.98. The molecule has 0 spiro atoms. The van der Waals surface area contributed by atoms with Gasteiger partial charge in [-0.25, -0.2) is 4.79 Å². The minimum atomic E-state index is -1.16. The Balaban J connectivity index is 1.91. The highest BCUT2D eigenvalue weighted by Gasteiger charge is 2.15. The number of hydrogen-bond acceptors (Lipinski definition) is 4. The van der Waals surface area contributed by atoms with Crippen LogP contribution in [0.2, 0.25) is 0 Å². The van der Waals surface area contributed by atoms with E-state index < -0.39 is 6.09 Å². The molecule has 0 aliphatic carbocycles. The van der Waals surface area contributed by atoms with Crippen LogP contribution >= 0.6 is 0 Å². The molecule has 0 saturated heterocycles. The van der Waals surface area contributed by atoms with Gasteiger partial charge in [-0.15, -0.1) is 0 Å². The maximum absolute atomic E-state index is 10.8. The number of rotatable bonds is 4. The van der Waals surface area contributed by atoms with Crippen molar-refractivity contribution in [2.45, 2.75) is 26.9 Å². The van der Waals surface area contributed by atoms with Crippen LogP contribution < -0.4 is 10.1 Å². The number of amides is 1. The normalized spacial score (nSPS) is 12.1. The Labute approximate surface area is 138 Å². The number of carbonyl (C=O) groups is 1. The second-order valence-corrected chi connectivity index (χ2v) is 5.66. The molecule has 24 heavy (non-hydrogen) atoms. The maximum atomic E-state index is 10.8. The highest BCUT2D eigenvalue weighted by molar-refractivity contribution is 5.97. The zero-order valence-electron chi connectivity index (χ0n) is 13.6. The van der Waals surface area contributed by atoms with Crippen molar-refractivity contribution in [3.05, 3.63) is 47.3 Å². The lowest BCUT2D eigenvalue weighted by atomic mass is 10.0. The number of ether oxygens (including phenoxy) is 1. The van der Waals surface area contributed by atoms with Gasteiger partial charge in [-0.1, -0.05) is 0 Å². The lowest BCUT2D eigenvalue weighted by Crippen LogP contribution is -2.08. The first-order valence-electron chi connectivity index (χ1n) is 7.51. The molecule has 7 heteroatoms. The maximum Gasteiger partial charge on any atom is 0.410 e. The molecule has 3 N–H and O–H groups in total. The number of nitrogens with one attached hydrogen (secondary N) is 2.